The van der Waals surface area contributed by atoms with Gasteiger partial charge in [0, 0.05) is 51.9 Å². The summed E-state index contributed by atoms with van der Waals surface area (Å²) < 4.78 is 5.52. The second-order valence-electron chi connectivity index (χ2n) is 7.51. The molecule has 3 rings (SSSR count). The summed E-state index contributed by atoms with van der Waals surface area (Å²) in [4.78, 5) is 20.7. The lowest BCUT2D eigenvalue weighted by molar-refractivity contribution is -0.114. The topological polar surface area (TPSA) is 69.2 Å². The molecule has 2 aromatic rings. The van der Waals surface area contributed by atoms with Crippen molar-refractivity contribution in [3.05, 3.63) is 54.1 Å². The van der Waals surface area contributed by atoms with Crippen molar-refractivity contribution in [3.8, 4) is 5.75 Å². The molecular formula is C24H33N5O2. The van der Waals surface area contributed by atoms with Crippen LogP contribution in [0.2, 0.25) is 0 Å². The Bertz CT molecular complexity index is 874. The number of aliphatic imine (C=N–C) groups is 1. The van der Waals surface area contributed by atoms with Crippen molar-refractivity contribution in [1.82, 2.24) is 10.2 Å². The highest BCUT2D eigenvalue weighted by atomic mass is 16.5. The van der Waals surface area contributed by atoms with Crippen LogP contribution in [0.15, 0.2) is 53.5 Å². The first kappa shape index (κ1) is 22.5. The predicted octanol–water partition coefficient (Wildman–Crippen LogP) is 2.98. The van der Waals surface area contributed by atoms with Crippen LogP contribution in [0, 0.1) is 0 Å². The Hall–Kier alpha value is -3.22. The van der Waals surface area contributed by atoms with E-state index >= 15 is 0 Å². The quantitative estimate of drug-likeness (QED) is 0.529. The molecule has 7 nitrogen and oxygen atoms in total. The Morgan fingerprint density at radius 3 is 2.42 bits per heavy atom. The van der Waals surface area contributed by atoms with Crippen molar-refractivity contribution < 1.29 is 9.53 Å². The highest BCUT2D eigenvalue weighted by Crippen LogP contribution is 2.28. The van der Waals surface area contributed by atoms with Gasteiger partial charge in [-0.25, -0.2) is 0 Å². The molecule has 2 N–H and O–H groups in total. The summed E-state index contributed by atoms with van der Waals surface area (Å²) in [6.45, 7) is 8.85. The van der Waals surface area contributed by atoms with Crippen LogP contribution in [-0.2, 0) is 11.2 Å². The Labute approximate surface area is 185 Å². The van der Waals surface area contributed by atoms with Gasteiger partial charge in [-0.1, -0.05) is 24.3 Å². The second kappa shape index (κ2) is 11.2. The molecule has 0 spiro atoms. The summed E-state index contributed by atoms with van der Waals surface area (Å²) in [7, 11) is 1.72. The number of para-hydroxylation sites is 2. The Kier molecular flexibility index (Phi) is 8.15. The summed E-state index contributed by atoms with van der Waals surface area (Å²) >= 11 is 0. The van der Waals surface area contributed by atoms with Gasteiger partial charge in [-0.3, -0.25) is 9.79 Å². The van der Waals surface area contributed by atoms with Crippen molar-refractivity contribution in [2.75, 3.05) is 56.6 Å². The van der Waals surface area contributed by atoms with E-state index in [4.69, 9.17) is 9.73 Å². The second-order valence-corrected chi connectivity index (χ2v) is 7.51. The Morgan fingerprint density at radius 1 is 1.06 bits per heavy atom. The minimum Gasteiger partial charge on any atom is -0.495 e. The molecule has 0 aromatic heterocycles. The highest BCUT2D eigenvalue weighted by Gasteiger charge is 2.21. The Balaban J connectivity index is 1.55. The van der Waals surface area contributed by atoms with E-state index < -0.39 is 0 Å². The summed E-state index contributed by atoms with van der Waals surface area (Å²) in [6.07, 6.45) is 0.858. The number of carbonyl (C=O) groups is 1. The third kappa shape index (κ3) is 6.38. The average molecular weight is 424 g/mol. The van der Waals surface area contributed by atoms with Gasteiger partial charge in [0.2, 0.25) is 5.91 Å². The van der Waals surface area contributed by atoms with Crippen molar-refractivity contribution in [3.63, 3.8) is 0 Å². The van der Waals surface area contributed by atoms with Gasteiger partial charge in [-0.15, -0.1) is 0 Å². The van der Waals surface area contributed by atoms with E-state index in [1.54, 1.807) is 7.11 Å². The maximum absolute atomic E-state index is 11.1. The molecule has 2 aromatic carbocycles. The molecule has 0 aliphatic carbocycles. The molecule has 0 atom stereocenters. The number of methoxy groups -OCH3 is 1. The van der Waals surface area contributed by atoms with Gasteiger partial charge in [0.15, 0.2) is 5.96 Å². The zero-order chi connectivity index (χ0) is 22.1. The molecule has 166 valence electrons. The summed E-state index contributed by atoms with van der Waals surface area (Å²) in [5.74, 6) is 1.83. The first-order valence-electron chi connectivity index (χ1n) is 10.9. The standard InChI is InChI=1S/C24H33N5O2/c1-4-25-24(26-14-13-20-9-11-21(12-10-20)27-19(2)30)29-17-15-28(16-18-29)22-7-5-6-8-23(22)31-3/h5-12H,4,13-18H2,1-3H3,(H,25,26)(H,27,30). The van der Waals surface area contributed by atoms with Crippen molar-refractivity contribution in [2.24, 2.45) is 4.99 Å². The normalized spacial score (nSPS) is 14.4. The van der Waals surface area contributed by atoms with Crippen LogP contribution >= 0.6 is 0 Å². The zero-order valence-electron chi connectivity index (χ0n) is 18.7. The smallest absolute Gasteiger partial charge is 0.221 e. The number of anilines is 2. The maximum atomic E-state index is 11.1. The van der Waals surface area contributed by atoms with Crippen LogP contribution in [0.1, 0.15) is 19.4 Å². The van der Waals surface area contributed by atoms with Crippen LogP contribution in [0.4, 0.5) is 11.4 Å². The number of hydrogen-bond acceptors (Lipinski definition) is 4. The molecule has 1 aliphatic heterocycles. The highest BCUT2D eigenvalue weighted by molar-refractivity contribution is 5.88. The van der Waals surface area contributed by atoms with Crippen molar-refractivity contribution in [2.45, 2.75) is 20.3 Å². The number of amides is 1. The SMILES string of the molecule is CCNC(=NCCc1ccc(NC(C)=O)cc1)N1CCN(c2ccccc2OC)CC1. The molecule has 0 radical (unpaired) electrons. The zero-order valence-corrected chi connectivity index (χ0v) is 18.7. The van der Waals surface area contributed by atoms with E-state index in [2.05, 4.69) is 39.5 Å². The molecule has 1 heterocycles. The fourth-order valence-corrected chi connectivity index (χ4v) is 3.72. The van der Waals surface area contributed by atoms with Crippen LogP contribution in [0.3, 0.4) is 0 Å². The maximum Gasteiger partial charge on any atom is 0.221 e. The minimum atomic E-state index is -0.0570. The lowest BCUT2D eigenvalue weighted by Crippen LogP contribution is -2.52. The lowest BCUT2D eigenvalue weighted by Gasteiger charge is -2.38. The van der Waals surface area contributed by atoms with Gasteiger partial charge in [0.25, 0.3) is 0 Å². The molecule has 0 saturated carbocycles. The molecular weight excluding hydrogens is 390 g/mol. The van der Waals surface area contributed by atoms with Gasteiger partial charge in [-0.05, 0) is 43.2 Å². The number of carbonyl (C=O) groups excluding carboxylic acids is 1. The van der Waals surface area contributed by atoms with E-state index in [9.17, 15) is 4.79 Å². The van der Waals surface area contributed by atoms with Gasteiger partial charge < -0.3 is 25.2 Å². The third-order valence-electron chi connectivity index (χ3n) is 5.28. The molecule has 0 bridgehead atoms. The number of guanidine groups is 1. The Morgan fingerprint density at radius 2 is 1.77 bits per heavy atom. The number of benzene rings is 2. The fraction of sp³-hybridized carbons (Fsp3) is 0.417. The molecule has 31 heavy (non-hydrogen) atoms. The number of nitrogens with zero attached hydrogens (tertiary/aromatic N) is 3. The van der Waals surface area contributed by atoms with Gasteiger partial charge in [-0.2, -0.15) is 0 Å². The number of piperazine rings is 1. The molecule has 1 amide bonds. The third-order valence-corrected chi connectivity index (χ3v) is 5.28. The molecule has 7 heteroatoms. The van der Waals surface area contributed by atoms with Crippen LogP contribution in [0.5, 0.6) is 5.75 Å². The first-order valence-corrected chi connectivity index (χ1v) is 10.9. The first-order chi connectivity index (χ1) is 15.1. The van der Waals surface area contributed by atoms with E-state index in [1.165, 1.54) is 12.5 Å². The molecule has 1 saturated heterocycles. The average Bonchev–Trinajstić information content (AvgIpc) is 2.79. The van der Waals surface area contributed by atoms with Gasteiger partial charge in [0.1, 0.15) is 5.75 Å². The monoisotopic (exact) mass is 423 g/mol. The summed E-state index contributed by atoms with van der Waals surface area (Å²) in [5.41, 5.74) is 3.17. The minimum absolute atomic E-state index is 0.0570. The molecule has 1 fully saturated rings. The number of rotatable bonds is 7. The van der Waals surface area contributed by atoms with E-state index in [-0.39, 0.29) is 5.91 Å². The van der Waals surface area contributed by atoms with Gasteiger partial charge in [0.05, 0.1) is 12.8 Å². The van der Waals surface area contributed by atoms with E-state index in [0.29, 0.717) is 6.54 Å². The van der Waals surface area contributed by atoms with Gasteiger partial charge >= 0.3 is 0 Å². The largest absolute Gasteiger partial charge is 0.495 e. The number of ether oxygens (including phenoxy) is 1. The number of nitrogens with one attached hydrogen (secondary N) is 2. The van der Waals surface area contributed by atoms with E-state index in [0.717, 1.165) is 62.2 Å². The van der Waals surface area contributed by atoms with Crippen molar-refractivity contribution >= 4 is 23.2 Å². The van der Waals surface area contributed by atoms with E-state index in [1.807, 2.05) is 36.4 Å². The summed E-state index contributed by atoms with van der Waals surface area (Å²) in [5, 5.41) is 6.23. The predicted molar refractivity (Wildman–Crippen MR) is 127 cm³/mol. The van der Waals surface area contributed by atoms with Crippen LogP contribution in [-0.4, -0.2) is 63.1 Å². The fourth-order valence-electron chi connectivity index (χ4n) is 3.72. The van der Waals surface area contributed by atoms with Crippen LogP contribution < -0.4 is 20.3 Å². The summed E-state index contributed by atoms with van der Waals surface area (Å²) in [6, 6.07) is 16.1. The molecule has 1 aliphatic rings. The molecule has 0 unspecified atom stereocenters. The van der Waals surface area contributed by atoms with Crippen LogP contribution in [0.25, 0.3) is 0 Å². The van der Waals surface area contributed by atoms with Crippen molar-refractivity contribution in [1.29, 1.82) is 0 Å². The number of hydrogen-bond donors (Lipinski definition) is 2. The lowest BCUT2D eigenvalue weighted by atomic mass is 10.1.